The number of aromatic nitrogens is 1. The van der Waals surface area contributed by atoms with E-state index < -0.39 is 0 Å². The quantitative estimate of drug-likeness (QED) is 0.571. The minimum Gasteiger partial charge on any atom is -0.494 e. The molecular weight excluding hydrogens is 408 g/mol. The third-order valence-electron chi connectivity index (χ3n) is 5.90. The highest BCUT2D eigenvalue weighted by atomic mass is 32.1. The van der Waals surface area contributed by atoms with E-state index in [9.17, 15) is 4.79 Å². The van der Waals surface area contributed by atoms with E-state index in [2.05, 4.69) is 27.5 Å². The Bertz CT molecular complexity index is 935. The van der Waals surface area contributed by atoms with Crippen LogP contribution in [0.15, 0.2) is 46.9 Å². The molecule has 1 unspecified atom stereocenters. The van der Waals surface area contributed by atoms with Crippen LogP contribution in [0.1, 0.15) is 43.9 Å². The first-order valence-corrected chi connectivity index (χ1v) is 11.9. The Hall–Kier alpha value is -2.51. The Morgan fingerprint density at radius 1 is 1.35 bits per heavy atom. The summed E-state index contributed by atoms with van der Waals surface area (Å²) in [7, 11) is 0. The van der Waals surface area contributed by atoms with Gasteiger partial charge in [0.05, 0.1) is 24.1 Å². The summed E-state index contributed by atoms with van der Waals surface area (Å²) in [4.78, 5) is 21.2. The van der Waals surface area contributed by atoms with Crippen LogP contribution in [-0.4, -0.2) is 36.8 Å². The second-order valence-corrected chi connectivity index (χ2v) is 9.33. The molecule has 0 saturated carbocycles. The van der Waals surface area contributed by atoms with Gasteiger partial charge in [0, 0.05) is 17.8 Å². The van der Waals surface area contributed by atoms with Gasteiger partial charge in [-0.15, -0.1) is 11.3 Å². The number of thiazole rings is 1. The predicted octanol–water partition coefficient (Wildman–Crippen LogP) is 4.34. The lowest BCUT2D eigenvalue weighted by Crippen LogP contribution is -2.27. The molecule has 1 amide bonds. The molecule has 2 N–H and O–H groups in total. The molecule has 0 spiro atoms. The second kappa shape index (κ2) is 10.2. The summed E-state index contributed by atoms with van der Waals surface area (Å²) in [6, 6.07) is 7.81. The number of piperidine rings is 1. The summed E-state index contributed by atoms with van der Waals surface area (Å²) in [5, 5.41) is 8.90. The van der Waals surface area contributed by atoms with Gasteiger partial charge in [0.2, 0.25) is 5.91 Å². The van der Waals surface area contributed by atoms with Crippen LogP contribution in [-0.2, 0) is 16.6 Å². The van der Waals surface area contributed by atoms with Crippen molar-refractivity contribution in [3.05, 3.63) is 53.2 Å². The van der Waals surface area contributed by atoms with E-state index in [1.807, 2.05) is 41.9 Å². The van der Waals surface area contributed by atoms with Crippen molar-refractivity contribution in [3.8, 4) is 5.75 Å². The van der Waals surface area contributed by atoms with Crippen LogP contribution in [0.4, 0.5) is 5.13 Å². The highest BCUT2D eigenvalue weighted by Crippen LogP contribution is 2.29. The van der Waals surface area contributed by atoms with Crippen LogP contribution in [0, 0.1) is 5.92 Å². The van der Waals surface area contributed by atoms with Gasteiger partial charge in [-0.2, -0.15) is 0 Å². The Morgan fingerprint density at radius 3 is 3.03 bits per heavy atom. The van der Waals surface area contributed by atoms with Gasteiger partial charge in [0.25, 0.3) is 0 Å². The van der Waals surface area contributed by atoms with E-state index >= 15 is 0 Å². The molecule has 7 heteroatoms. The molecule has 4 rings (SSSR count). The van der Waals surface area contributed by atoms with Crippen molar-refractivity contribution in [2.75, 3.05) is 25.0 Å². The summed E-state index contributed by atoms with van der Waals surface area (Å²) in [6.45, 7) is 5.06. The summed E-state index contributed by atoms with van der Waals surface area (Å²) < 4.78 is 5.93. The maximum absolute atomic E-state index is 12.5. The van der Waals surface area contributed by atoms with Crippen LogP contribution < -0.4 is 15.4 Å². The Labute approximate surface area is 187 Å². The van der Waals surface area contributed by atoms with Crippen molar-refractivity contribution in [2.45, 2.75) is 44.4 Å². The number of rotatable bonds is 9. The SMILES string of the molecule is CC1(c2csc(NC(=O)Cc3cccc(OCCCC4CCNCC4)c3)n2)C=CN=C1. The summed E-state index contributed by atoms with van der Waals surface area (Å²) >= 11 is 1.43. The van der Waals surface area contributed by atoms with Crippen molar-refractivity contribution in [2.24, 2.45) is 10.9 Å². The van der Waals surface area contributed by atoms with E-state index in [4.69, 9.17) is 4.74 Å². The van der Waals surface area contributed by atoms with Gasteiger partial charge in [0.1, 0.15) is 5.75 Å². The zero-order valence-corrected chi connectivity index (χ0v) is 18.8. The molecule has 164 valence electrons. The topological polar surface area (TPSA) is 75.6 Å². The molecule has 2 aliphatic heterocycles. The molecule has 1 aromatic carbocycles. The maximum atomic E-state index is 12.5. The van der Waals surface area contributed by atoms with E-state index in [1.54, 1.807) is 6.20 Å². The highest BCUT2D eigenvalue weighted by Gasteiger charge is 2.27. The van der Waals surface area contributed by atoms with Gasteiger partial charge in [-0.3, -0.25) is 9.79 Å². The number of carbonyl (C=O) groups is 1. The fourth-order valence-electron chi connectivity index (χ4n) is 4.00. The number of anilines is 1. The first-order valence-electron chi connectivity index (χ1n) is 11.0. The Kier molecular flexibility index (Phi) is 7.14. The number of hydrogen-bond donors (Lipinski definition) is 2. The lowest BCUT2D eigenvalue weighted by atomic mass is 9.90. The van der Waals surface area contributed by atoms with Crippen molar-refractivity contribution < 1.29 is 9.53 Å². The van der Waals surface area contributed by atoms with Gasteiger partial charge in [-0.05, 0) is 75.4 Å². The molecule has 1 aromatic heterocycles. The number of amides is 1. The molecule has 31 heavy (non-hydrogen) atoms. The van der Waals surface area contributed by atoms with Crippen molar-refractivity contribution >= 4 is 28.6 Å². The van der Waals surface area contributed by atoms with Crippen LogP contribution in [0.3, 0.4) is 0 Å². The molecule has 2 aromatic rings. The molecule has 0 aliphatic carbocycles. The average molecular weight is 439 g/mol. The molecule has 2 aliphatic rings. The van der Waals surface area contributed by atoms with Crippen LogP contribution in [0.2, 0.25) is 0 Å². The normalized spacial score (nSPS) is 20.8. The number of ether oxygens (including phenoxy) is 1. The number of nitrogens with zero attached hydrogens (tertiary/aromatic N) is 2. The molecule has 0 radical (unpaired) electrons. The lowest BCUT2D eigenvalue weighted by Gasteiger charge is -2.22. The van der Waals surface area contributed by atoms with E-state index in [0.29, 0.717) is 11.6 Å². The molecular formula is C24H30N4O2S. The third-order valence-corrected chi connectivity index (χ3v) is 6.66. The Balaban J connectivity index is 1.23. The summed E-state index contributed by atoms with van der Waals surface area (Å²) in [5.74, 6) is 1.57. The lowest BCUT2D eigenvalue weighted by molar-refractivity contribution is -0.115. The number of allylic oxidation sites excluding steroid dienone is 1. The number of benzene rings is 1. The van der Waals surface area contributed by atoms with Gasteiger partial charge in [-0.1, -0.05) is 12.1 Å². The zero-order valence-electron chi connectivity index (χ0n) is 18.0. The number of nitrogens with one attached hydrogen (secondary N) is 2. The van der Waals surface area contributed by atoms with Gasteiger partial charge >= 0.3 is 0 Å². The molecule has 1 fully saturated rings. The zero-order chi connectivity index (χ0) is 21.5. The third kappa shape index (κ3) is 6.02. The fraction of sp³-hybridized carbons (Fsp3) is 0.458. The molecule has 6 nitrogen and oxygen atoms in total. The van der Waals surface area contributed by atoms with Crippen molar-refractivity contribution in [1.29, 1.82) is 0 Å². The van der Waals surface area contributed by atoms with Gasteiger partial charge in [0.15, 0.2) is 5.13 Å². The predicted molar refractivity (Wildman–Crippen MR) is 126 cm³/mol. The summed E-state index contributed by atoms with van der Waals surface area (Å²) in [5.41, 5.74) is 1.53. The molecule has 1 atom stereocenters. The second-order valence-electron chi connectivity index (χ2n) is 8.47. The van der Waals surface area contributed by atoms with E-state index in [0.717, 1.165) is 49.0 Å². The monoisotopic (exact) mass is 438 g/mol. The fourth-order valence-corrected chi connectivity index (χ4v) is 4.85. The summed E-state index contributed by atoms with van der Waals surface area (Å²) in [6.07, 6.45) is 10.8. The van der Waals surface area contributed by atoms with Gasteiger partial charge < -0.3 is 15.4 Å². The van der Waals surface area contributed by atoms with Crippen molar-refractivity contribution in [1.82, 2.24) is 10.3 Å². The standard InChI is InChI=1S/C24H30N4O2S/c1-24(9-12-26-17-24)21-16-31-23(27-21)28-22(29)15-19-4-2-6-20(14-19)30-13-3-5-18-7-10-25-11-8-18/h2,4,6,9,12,14,16-18,25H,3,5,7-8,10-11,13,15H2,1H3,(H,27,28,29). The minimum atomic E-state index is -0.293. The highest BCUT2D eigenvalue weighted by molar-refractivity contribution is 7.14. The first kappa shape index (κ1) is 21.7. The van der Waals surface area contributed by atoms with E-state index in [1.165, 1.54) is 30.6 Å². The number of carbonyl (C=O) groups excluding carboxylic acids is 1. The minimum absolute atomic E-state index is 0.0789. The van der Waals surface area contributed by atoms with Crippen LogP contribution in [0.25, 0.3) is 0 Å². The molecule has 3 heterocycles. The van der Waals surface area contributed by atoms with E-state index in [-0.39, 0.29) is 11.3 Å². The molecule has 0 bridgehead atoms. The number of aliphatic imine (C=N–C) groups is 1. The smallest absolute Gasteiger partial charge is 0.230 e. The van der Waals surface area contributed by atoms with Crippen LogP contribution in [0.5, 0.6) is 5.75 Å². The Morgan fingerprint density at radius 2 is 2.23 bits per heavy atom. The van der Waals surface area contributed by atoms with Crippen LogP contribution >= 0.6 is 11.3 Å². The van der Waals surface area contributed by atoms with Crippen molar-refractivity contribution in [3.63, 3.8) is 0 Å². The maximum Gasteiger partial charge on any atom is 0.230 e. The number of hydrogen-bond acceptors (Lipinski definition) is 6. The molecule has 1 saturated heterocycles. The first-order chi connectivity index (χ1) is 15.1. The largest absolute Gasteiger partial charge is 0.494 e. The average Bonchev–Trinajstić information content (AvgIpc) is 3.42. The van der Waals surface area contributed by atoms with Gasteiger partial charge in [-0.25, -0.2) is 4.98 Å².